The molecule has 0 spiro atoms. The van der Waals surface area contributed by atoms with E-state index in [0.717, 1.165) is 19.6 Å². The van der Waals surface area contributed by atoms with Crippen LogP contribution in [-0.4, -0.2) is 44.4 Å². The third-order valence-electron chi connectivity index (χ3n) is 3.41. The normalized spacial score (nSPS) is 28.9. The summed E-state index contributed by atoms with van der Waals surface area (Å²) in [5, 5.41) is 2.94. The predicted octanol–water partition coefficient (Wildman–Crippen LogP) is -0.353. The summed E-state index contributed by atoms with van der Waals surface area (Å²) in [4.78, 5) is 11.9. The van der Waals surface area contributed by atoms with Crippen molar-refractivity contribution in [3.05, 3.63) is 0 Å². The van der Waals surface area contributed by atoms with Gasteiger partial charge in [0.05, 0.1) is 12.1 Å². The molecular formula is C11H20N2O3. The van der Waals surface area contributed by atoms with E-state index in [2.05, 4.69) is 5.32 Å². The molecule has 0 saturated carbocycles. The fraction of sp³-hybridized carbons (Fsp3) is 0.909. The minimum absolute atomic E-state index is 0.0392. The van der Waals surface area contributed by atoms with E-state index in [4.69, 9.17) is 15.2 Å². The van der Waals surface area contributed by atoms with Crippen molar-refractivity contribution >= 4 is 5.91 Å². The lowest BCUT2D eigenvalue weighted by Crippen LogP contribution is -2.57. The summed E-state index contributed by atoms with van der Waals surface area (Å²) in [7, 11) is 0. The molecule has 0 aromatic heterocycles. The first kappa shape index (κ1) is 11.8. The topological polar surface area (TPSA) is 73.6 Å². The fourth-order valence-electron chi connectivity index (χ4n) is 2.12. The van der Waals surface area contributed by atoms with Crippen molar-refractivity contribution in [2.24, 2.45) is 11.7 Å². The predicted molar refractivity (Wildman–Crippen MR) is 58.9 cm³/mol. The third-order valence-corrected chi connectivity index (χ3v) is 3.41. The highest BCUT2D eigenvalue weighted by atomic mass is 16.5. The highest BCUT2D eigenvalue weighted by molar-refractivity contribution is 5.86. The minimum atomic E-state index is -0.724. The van der Waals surface area contributed by atoms with Crippen molar-refractivity contribution in [1.82, 2.24) is 5.32 Å². The van der Waals surface area contributed by atoms with E-state index in [0.29, 0.717) is 38.5 Å². The zero-order valence-electron chi connectivity index (χ0n) is 9.54. The van der Waals surface area contributed by atoms with Crippen molar-refractivity contribution in [2.45, 2.75) is 24.8 Å². The van der Waals surface area contributed by atoms with E-state index in [1.165, 1.54) is 0 Å². The van der Waals surface area contributed by atoms with Gasteiger partial charge in [0.25, 0.3) is 0 Å². The van der Waals surface area contributed by atoms with Crippen molar-refractivity contribution < 1.29 is 14.3 Å². The molecule has 0 aromatic carbocycles. The van der Waals surface area contributed by atoms with Crippen LogP contribution in [0.15, 0.2) is 0 Å². The highest BCUT2D eigenvalue weighted by Crippen LogP contribution is 2.18. The molecule has 0 radical (unpaired) electrons. The Bertz CT molecular complexity index is 246. The Kier molecular flexibility index (Phi) is 3.78. The molecule has 5 nitrogen and oxygen atoms in total. The molecule has 2 rings (SSSR count). The molecular weight excluding hydrogens is 208 g/mol. The molecule has 2 aliphatic heterocycles. The first-order chi connectivity index (χ1) is 7.71. The summed E-state index contributed by atoms with van der Waals surface area (Å²) in [6, 6.07) is 0. The number of nitrogens with one attached hydrogen (secondary N) is 1. The SMILES string of the molecule is NC1(C(=O)NCC2CCOC2)CCOCC1. The molecule has 1 unspecified atom stereocenters. The van der Waals surface area contributed by atoms with Gasteiger partial charge in [0.2, 0.25) is 5.91 Å². The van der Waals surface area contributed by atoms with Gasteiger partial charge in [0, 0.05) is 32.3 Å². The largest absolute Gasteiger partial charge is 0.381 e. The number of carbonyl (C=O) groups excluding carboxylic acids is 1. The Hall–Kier alpha value is -0.650. The van der Waals surface area contributed by atoms with Crippen LogP contribution in [0.5, 0.6) is 0 Å². The second-order valence-corrected chi connectivity index (χ2v) is 4.71. The molecule has 1 amide bonds. The second-order valence-electron chi connectivity index (χ2n) is 4.71. The van der Waals surface area contributed by atoms with Crippen LogP contribution >= 0.6 is 0 Å². The van der Waals surface area contributed by atoms with E-state index in [-0.39, 0.29) is 5.91 Å². The zero-order chi connectivity index (χ0) is 11.4. The van der Waals surface area contributed by atoms with Crippen LogP contribution in [0.3, 0.4) is 0 Å². The molecule has 0 bridgehead atoms. The van der Waals surface area contributed by atoms with Crippen LogP contribution in [0.4, 0.5) is 0 Å². The smallest absolute Gasteiger partial charge is 0.240 e. The summed E-state index contributed by atoms with van der Waals surface area (Å²) in [6.45, 7) is 3.40. The summed E-state index contributed by atoms with van der Waals surface area (Å²) < 4.78 is 10.5. The number of hydrogen-bond acceptors (Lipinski definition) is 4. The number of carbonyl (C=O) groups is 1. The van der Waals surface area contributed by atoms with Crippen molar-refractivity contribution in [2.75, 3.05) is 33.0 Å². The zero-order valence-corrected chi connectivity index (χ0v) is 9.54. The lowest BCUT2D eigenvalue weighted by atomic mass is 9.90. The van der Waals surface area contributed by atoms with Gasteiger partial charge in [-0.05, 0) is 19.3 Å². The molecule has 92 valence electrons. The molecule has 5 heteroatoms. The molecule has 16 heavy (non-hydrogen) atoms. The molecule has 0 aromatic rings. The number of nitrogens with two attached hydrogens (primary N) is 1. The Morgan fingerprint density at radius 2 is 2.06 bits per heavy atom. The molecule has 3 N–H and O–H groups in total. The standard InChI is InChI=1S/C11H20N2O3/c12-11(2-5-15-6-3-11)10(14)13-7-9-1-4-16-8-9/h9H,1-8,12H2,(H,13,14). The van der Waals surface area contributed by atoms with Crippen LogP contribution in [0.1, 0.15) is 19.3 Å². The maximum absolute atomic E-state index is 11.9. The number of rotatable bonds is 3. The number of ether oxygens (including phenoxy) is 2. The number of amides is 1. The molecule has 2 saturated heterocycles. The summed E-state index contributed by atoms with van der Waals surface area (Å²) in [5.74, 6) is 0.412. The van der Waals surface area contributed by atoms with Crippen molar-refractivity contribution in [1.29, 1.82) is 0 Å². The van der Waals surface area contributed by atoms with Gasteiger partial charge in [0.15, 0.2) is 0 Å². The van der Waals surface area contributed by atoms with Gasteiger partial charge in [-0.15, -0.1) is 0 Å². The lowest BCUT2D eigenvalue weighted by molar-refractivity contribution is -0.129. The Morgan fingerprint density at radius 1 is 1.31 bits per heavy atom. The van der Waals surface area contributed by atoms with Gasteiger partial charge in [-0.1, -0.05) is 0 Å². The first-order valence-corrected chi connectivity index (χ1v) is 5.93. The van der Waals surface area contributed by atoms with Gasteiger partial charge < -0.3 is 20.5 Å². The maximum atomic E-state index is 11.9. The molecule has 2 aliphatic rings. The van der Waals surface area contributed by atoms with Gasteiger partial charge in [-0.3, -0.25) is 4.79 Å². The van der Waals surface area contributed by atoms with Gasteiger partial charge in [-0.2, -0.15) is 0 Å². The van der Waals surface area contributed by atoms with E-state index in [9.17, 15) is 4.79 Å². The van der Waals surface area contributed by atoms with Crippen LogP contribution in [0.25, 0.3) is 0 Å². The Balaban J connectivity index is 1.77. The lowest BCUT2D eigenvalue weighted by Gasteiger charge is -2.32. The first-order valence-electron chi connectivity index (χ1n) is 5.93. The summed E-state index contributed by atoms with van der Waals surface area (Å²) in [5.41, 5.74) is 5.34. The van der Waals surface area contributed by atoms with E-state index in [1.54, 1.807) is 0 Å². The van der Waals surface area contributed by atoms with Crippen LogP contribution < -0.4 is 11.1 Å². The molecule has 2 fully saturated rings. The summed E-state index contributed by atoms with van der Waals surface area (Å²) in [6.07, 6.45) is 2.25. The minimum Gasteiger partial charge on any atom is -0.381 e. The molecule has 2 heterocycles. The van der Waals surface area contributed by atoms with E-state index in [1.807, 2.05) is 0 Å². The molecule has 0 aliphatic carbocycles. The third kappa shape index (κ3) is 2.72. The molecule has 1 atom stereocenters. The second kappa shape index (κ2) is 5.12. The maximum Gasteiger partial charge on any atom is 0.240 e. The van der Waals surface area contributed by atoms with Crippen molar-refractivity contribution in [3.8, 4) is 0 Å². The van der Waals surface area contributed by atoms with Crippen LogP contribution in [0.2, 0.25) is 0 Å². The average molecular weight is 228 g/mol. The van der Waals surface area contributed by atoms with Crippen molar-refractivity contribution in [3.63, 3.8) is 0 Å². The van der Waals surface area contributed by atoms with Crippen LogP contribution in [0, 0.1) is 5.92 Å². The fourth-order valence-corrected chi connectivity index (χ4v) is 2.12. The van der Waals surface area contributed by atoms with Gasteiger partial charge in [-0.25, -0.2) is 0 Å². The Morgan fingerprint density at radius 3 is 2.69 bits per heavy atom. The Labute approximate surface area is 95.7 Å². The van der Waals surface area contributed by atoms with E-state index < -0.39 is 5.54 Å². The van der Waals surface area contributed by atoms with Crippen LogP contribution in [-0.2, 0) is 14.3 Å². The quantitative estimate of drug-likeness (QED) is 0.692. The highest BCUT2D eigenvalue weighted by Gasteiger charge is 2.36. The number of hydrogen-bond donors (Lipinski definition) is 2. The monoisotopic (exact) mass is 228 g/mol. The average Bonchev–Trinajstić information content (AvgIpc) is 2.79. The summed E-state index contributed by atoms with van der Waals surface area (Å²) >= 11 is 0. The van der Waals surface area contributed by atoms with Gasteiger partial charge >= 0.3 is 0 Å². The van der Waals surface area contributed by atoms with E-state index >= 15 is 0 Å². The van der Waals surface area contributed by atoms with Gasteiger partial charge in [0.1, 0.15) is 0 Å².